The standard InChI is InChI=1S/C16H23NO3.C16H21NO2.C9H17ClO.C7H15Br/c1-2-3-4-5-6-9-13(18)12-20-16(19)14-10-7-8-11-15(14)17;1-2-3-4-5-6-11-14-16(19)15(18)12-9-7-8-10-13(12)17-14;1-2-3-4-5-6-7-9(11)8-10;1-2-3-4-5-6-7-8/h7-8,10-11H,2-6,9,12,17H2,1H3;7-10,19H,2-6,11H2,1H3,(H,17,18);2-8H2,1H3;2-7H2,1H3. The van der Waals surface area contributed by atoms with Crippen LogP contribution in [-0.4, -0.2) is 45.4 Å². The fraction of sp³-hybridized carbons (Fsp3) is 0.625. The number of fused-ring (bicyclic) bond motifs is 1. The Kier molecular flexibility index (Phi) is 36.0. The number of aromatic amines is 1. The van der Waals surface area contributed by atoms with Gasteiger partial charge in [0.05, 0.1) is 17.1 Å². The molecule has 58 heavy (non-hydrogen) atoms. The number of pyridine rings is 1. The van der Waals surface area contributed by atoms with Crippen molar-refractivity contribution in [2.24, 2.45) is 0 Å². The average molecular weight is 893 g/mol. The molecule has 0 aliphatic carbocycles. The van der Waals surface area contributed by atoms with Crippen LogP contribution >= 0.6 is 27.5 Å². The van der Waals surface area contributed by atoms with Gasteiger partial charge in [-0.3, -0.25) is 14.4 Å². The molecule has 10 heteroatoms. The van der Waals surface area contributed by atoms with E-state index in [9.17, 15) is 24.3 Å². The predicted octanol–water partition coefficient (Wildman–Crippen LogP) is 13.6. The van der Waals surface area contributed by atoms with E-state index >= 15 is 0 Å². The number of hydrogen-bond acceptors (Lipinski definition) is 7. The third-order valence-corrected chi connectivity index (χ3v) is 10.4. The maximum atomic E-state index is 12.0. The lowest BCUT2D eigenvalue weighted by molar-refractivity contribution is -0.122. The number of aromatic nitrogens is 1. The van der Waals surface area contributed by atoms with Crippen LogP contribution in [0.15, 0.2) is 53.3 Å². The zero-order valence-electron chi connectivity index (χ0n) is 36.3. The maximum Gasteiger partial charge on any atom is 0.340 e. The first kappa shape index (κ1) is 54.8. The molecule has 0 fully saturated rings. The summed E-state index contributed by atoms with van der Waals surface area (Å²) in [4.78, 5) is 49.2. The number of unbranched alkanes of at least 4 members (excludes halogenated alkanes) is 16. The lowest BCUT2D eigenvalue weighted by Gasteiger charge is -2.07. The minimum Gasteiger partial charge on any atom is -0.503 e. The van der Waals surface area contributed by atoms with Crippen molar-refractivity contribution in [1.29, 1.82) is 0 Å². The number of esters is 1. The Morgan fingerprint density at radius 1 is 0.672 bits per heavy atom. The summed E-state index contributed by atoms with van der Waals surface area (Å²) in [6, 6.07) is 14.0. The number of ether oxygens (including phenoxy) is 1. The highest BCUT2D eigenvalue weighted by molar-refractivity contribution is 9.09. The summed E-state index contributed by atoms with van der Waals surface area (Å²) in [7, 11) is 0. The molecule has 4 N–H and O–H groups in total. The molecular weight excluding hydrogens is 816 g/mol. The summed E-state index contributed by atoms with van der Waals surface area (Å²) in [5.41, 5.74) is 7.54. The molecule has 0 spiro atoms. The number of nitrogens with two attached hydrogens (primary N) is 1. The number of halogens is 2. The van der Waals surface area contributed by atoms with Crippen molar-refractivity contribution in [3.05, 3.63) is 70.0 Å². The molecule has 0 atom stereocenters. The highest BCUT2D eigenvalue weighted by Gasteiger charge is 2.13. The summed E-state index contributed by atoms with van der Waals surface area (Å²) >= 11 is 8.74. The Hall–Kier alpha value is -3.17. The van der Waals surface area contributed by atoms with Crippen LogP contribution in [0.5, 0.6) is 5.75 Å². The summed E-state index contributed by atoms with van der Waals surface area (Å²) in [6.07, 6.45) is 26.1. The van der Waals surface area contributed by atoms with Gasteiger partial charge in [0.25, 0.3) is 0 Å². The molecule has 0 radical (unpaired) electrons. The first-order valence-corrected chi connectivity index (χ1v) is 23.8. The van der Waals surface area contributed by atoms with E-state index < -0.39 is 5.97 Å². The minimum absolute atomic E-state index is 0.0376. The van der Waals surface area contributed by atoms with Crippen molar-refractivity contribution in [1.82, 2.24) is 4.98 Å². The van der Waals surface area contributed by atoms with Gasteiger partial charge in [-0.15, -0.1) is 11.6 Å². The van der Waals surface area contributed by atoms with Crippen LogP contribution in [0.25, 0.3) is 10.9 Å². The summed E-state index contributed by atoms with van der Waals surface area (Å²) < 4.78 is 4.98. The normalized spacial score (nSPS) is 10.4. The van der Waals surface area contributed by atoms with E-state index in [0.29, 0.717) is 35.2 Å². The number of anilines is 1. The number of benzene rings is 2. The minimum atomic E-state index is -0.539. The number of carbonyl (C=O) groups excluding carboxylic acids is 3. The van der Waals surface area contributed by atoms with Crippen LogP contribution in [0.2, 0.25) is 0 Å². The number of H-pyrrole nitrogens is 1. The lowest BCUT2D eigenvalue weighted by Crippen LogP contribution is -2.15. The number of ketones is 2. The fourth-order valence-corrected chi connectivity index (χ4v) is 6.49. The Morgan fingerprint density at radius 2 is 1.16 bits per heavy atom. The van der Waals surface area contributed by atoms with E-state index in [1.807, 2.05) is 12.1 Å². The molecule has 0 amide bonds. The number of hydrogen-bond donors (Lipinski definition) is 3. The lowest BCUT2D eigenvalue weighted by atomic mass is 10.1. The Balaban J connectivity index is 0.000000793. The summed E-state index contributed by atoms with van der Waals surface area (Å²) in [6.45, 7) is 8.60. The van der Waals surface area contributed by atoms with Crippen molar-refractivity contribution in [3.63, 3.8) is 0 Å². The van der Waals surface area contributed by atoms with Gasteiger partial charge in [-0.1, -0.05) is 171 Å². The zero-order chi connectivity index (χ0) is 43.2. The number of rotatable bonds is 27. The number of aryl methyl sites for hydroxylation is 1. The van der Waals surface area contributed by atoms with Crippen LogP contribution in [0.4, 0.5) is 5.69 Å². The smallest absolute Gasteiger partial charge is 0.340 e. The van der Waals surface area contributed by atoms with E-state index in [2.05, 4.69) is 48.6 Å². The second-order valence-electron chi connectivity index (χ2n) is 14.8. The number of nitrogen functional groups attached to an aromatic ring is 1. The average Bonchev–Trinajstić information content (AvgIpc) is 3.23. The van der Waals surface area contributed by atoms with Gasteiger partial charge in [-0.05, 0) is 56.4 Å². The Morgan fingerprint density at radius 3 is 1.69 bits per heavy atom. The van der Waals surface area contributed by atoms with Gasteiger partial charge in [-0.2, -0.15) is 0 Å². The van der Waals surface area contributed by atoms with Crippen molar-refractivity contribution < 1.29 is 24.2 Å². The first-order valence-electron chi connectivity index (χ1n) is 22.1. The number of para-hydroxylation sites is 2. The number of carbonyl (C=O) groups is 3. The Labute approximate surface area is 364 Å². The molecule has 0 aliphatic rings. The van der Waals surface area contributed by atoms with Gasteiger partial charge >= 0.3 is 5.97 Å². The topological polar surface area (TPSA) is 140 Å². The zero-order valence-corrected chi connectivity index (χ0v) is 38.7. The molecule has 1 heterocycles. The van der Waals surface area contributed by atoms with E-state index in [1.165, 1.54) is 95.2 Å². The highest BCUT2D eigenvalue weighted by atomic mass is 79.9. The van der Waals surface area contributed by atoms with Crippen molar-refractivity contribution >= 4 is 61.7 Å². The molecule has 0 saturated heterocycles. The van der Waals surface area contributed by atoms with Crippen LogP contribution in [0.1, 0.15) is 185 Å². The summed E-state index contributed by atoms with van der Waals surface area (Å²) in [5, 5.41) is 11.7. The van der Waals surface area contributed by atoms with E-state index in [-0.39, 0.29) is 35.2 Å². The van der Waals surface area contributed by atoms with Crippen molar-refractivity contribution in [3.8, 4) is 5.75 Å². The monoisotopic (exact) mass is 890 g/mol. The van der Waals surface area contributed by atoms with E-state index in [1.54, 1.807) is 36.4 Å². The van der Waals surface area contributed by atoms with Gasteiger partial charge in [0, 0.05) is 34.8 Å². The second kappa shape index (κ2) is 38.1. The molecule has 3 rings (SSSR count). The second-order valence-corrected chi connectivity index (χ2v) is 15.9. The fourth-order valence-electron chi connectivity index (χ4n) is 5.96. The molecule has 0 bridgehead atoms. The maximum absolute atomic E-state index is 12.0. The van der Waals surface area contributed by atoms with Crippen molar-refractivity contribution in [2.45, 2.75) is 175 Å². The third-order valence-electron chi connectivity index (χ3n) is 9.54. The Bertz CT molecular complexity index is 1560. The van der Waals surface area contributed by atoms with Gasteiger partial charge in [0.2, 0.25) is 5.43 Å². The molecule has 0 aliphatic heterocycles. The first-order chi connectivity index (χ1) is 28.1. The largest absolute Gasteiger partial charge is 0.503 e. The van der Waals surface area contributed by atoms with Crippen molar-refractivity contribution in [2.75, 3.05) is 23.6 Å². The molecule has 0 saturated carbocycles. The van der Waals surface area contributed by atoms with Gasteiger partial charge in [-0.25, -0.2) is 4.79 Å². The molecule has 8 nitrogen and oxygen atoms in total. The number of aromatic hydroxyl groups is 1. The molecule has 3 aromatic rings. The van der Waals surface area contributed by atoms with Crippen LogP contribution in [0, 0.1) is 0 Å². The molecule has 0 unspecified atom stereocenters. The quantitative estimate of drug-likeness (QED) is 0.0300. The SMILES string of the molecule is CCCCCCCBr.CCCCCCCC(=O)CCl.CCCCCCCC(=O)COC(=O)c1ccccc1N.CCCCCCCc1[nH]c2ccccc2c(=O)c1O. The van der Waals surface area contributed by atoms with E-state index in [0.717, 1.165) is 50.5 Å². The number of nitrogens with one attached hydrogen (secondary N) is 1. The third kappa shape index (κ3) is 27.5. The van der Waals surface area contributed by atoms with Crippen LogP contribution < -0.4 is 11.2 Å². The summed E-state index contributed by atoms with van der Waals surface area (Å²) in [5.74, 6) is -0.322. The molecule has 328 valence electrons. The number of alkyl halides is 2. The van der Waals surface area contributed by atoms with Crippen LogP contribution in [-0.2, 0) is 20.7 Å². The molecule has 1 aromatic heterocycles. The molecule has 2 aromatic carbocycles. The van der Waals surface area contributed by atoms with Gasteiger partial charge in [0.1, 0.15) is 12.4 Å². The van der Waals surface area contributed by atoms with E-state index in [4.69, 9.17) is 22.1 Å². The highest BCUT2D eigenvalue weighted by Crippen LogP contribution is 2.18. The molecular formula is C48H76BrClN2O6. The number of Topliss-reactive ketones (excluding diaryl/α,β-unsaturated/α-hetero) is 2. The predicted molar refractivity (Wildman–Crippen MR) is 250 cm³/mol. The van der Waals surface area contributed by atoms with Gasteiger partial charge < -0.3 is 20.6 Å². The van der Waals surface area contributed by atoms with Crippen LogP contribution in [0.3, 0.4) is 0 Å². The van der Waals surface area contributed by atoms with Gasteiger partial charge in [0.15, 0.2) is 11.5 Å².